The van der Waals surface area contributed by atoms with Crippen LogP contribution < -0.4 is 10.9 Å². The molecule has 1 amide bonds. The first-order valence-corrected chi connectivity index (χ1v) is 9.79. The molecule has 2 aromatic carbocycles. The zero-order chi connectivity index (χ0) is 20.4. The molecular weight excluding hydrogens is 417 g/mol. The van der Waals surface area contributed by atoms with Crippen LogP contribution in [0.25, 0.3) is 17.0 Å². The molecule has 0 saturated heterocycles. The third-order valence-corrected chi connectivity index (χ3v) is 5.19. The Hall–Kier alpha value is -3.17. The summed E-state index contributed by atoms with van der Waals surface area (Å²) >= 11 is 7.12. The van der Waals surface area contributed by atoms with Gasteiger partial charge in [0.1, 0.15) is 5.82 Å². The van der Waals surface area contributed by atoms with E-state index in [4.69, 9.17) is 11.6 Å². The lowest BCUT2D eigenvalue weighted by molar-refractivity contribution is -0.113. The lowest BCUT2D eigenvalue weighted by Gasteiger charge is -2.09. The van der Waals surface area contributed by atoms with Crippen molar-refractivity contribution in [3.05, 3.63) is 75.8 Å². The molecule has 10 heteroatoms. The van der Waals surface area contributed by atoms with Gasteiger partial charge in [0.25, 0.3) is 5.56 Å². The largest absolute Gasteiger partial charge is 0.324 e. The summed E-state index contributed by atoms with van der Waals surface area (Å²) in [6.45, 7) is 0. The SMILES string of the molecule is O=C(CSc1nc(-c2ccccc2F)nc2cc(=O)[nH]n12)Nc1ccccc1Cl. The van der Waals surface area contributed by atoms with Crippen LogP contribution in [0.15, 0.2) is 64.5 Å². The Balaban J connectivity index is 1.62. The van der Waals surface area contributed by atoms with Crippen molar-refractivity contribution >= 4 is 40.6 Å². The number of carbonyl (C=O) groups is 1. The van der Waals surface area contributed by atoms with Gasteiger partial charge in [-0.1, -0.05) is 47.6 Å². The molecule has 7 nitrogen and oxygen atoms in total. The van der Waals surface area contributed by atoms with Gasteiger partial charge in [-0.25, -0.2) is 18.9 Å². The highest BCUT2D eigenvalue weighted by molar-refractivity contribution is 7.99. The second-order valence-electron chi connectivity index (χ2n) is 5.94. The van der Waals surface area contributed by atoms with Gasteiger partial charge in [-0.2, -0.15) is 0 Å². The molecule has 146 valence electrons. The van der Waals surface area contributed by atoms with Gasteiger partial charge in [0.2, 0.25) is 5.91 Å². The third-order valence-electron chi connectivity index (χ3n) is 3.92. The lowest BCUT2D eigenvalue weighted by Crippen LogP contribution is -2.15. The minimum Gasteiger partial charge on any atom is -0.324 e. The maximum atomic E-state index is 14.2. The summed E-state index contributed by atoms with van der Waals surface area (Å²) in [7, 11) is 0. The monoisotopic (exact) mass is 429 g/mol. The van der Waals surface area contributed by atoms with E-state index >= 15 is 0 Å². The van der Waals surface area contributed by atoms with Crippen LogP contribution in [-0.2, 0) is 4.79 Å². The summed E-state index contributed by atoms with van der Waals surface area (Å²) in [6.07, 6.45) is 0. The number of aromatic nitrogens is 4. The van der Waals surface area contributed by atoms with Crippen LogP contribution >= 0.6 is 23.4 Å². The Labute approximate surface area is 172 Å². The fourth-order valence-electron chi connectivity index (χ4n) is 2.62. The second-order valence-corrected chi connectivity index (χ2v) is 7.29. The van der Waals surface area contributed by atoms with Gasteiger partial charge in [-0.3, -0.25) is 14.7 Å². The quantitative estimate of drug-likeness (QED) is 0.473. The van der Waals surface area contributed by atoms with Gasteiger partial charge in [0, 0.05) is 6.07 Å². The molecule has 29 heavy (non-hydrogen) atoms. The van der Waals surface area contributed by atoms with E-state index < -0.39 is 5.82 Å². The maximum absolute atomic E-state index is 14.2. The summed E-state index contributed by atoms with van der Waals surface area (Å²) in [5.41, 5.74) is 0.588. The van der Waals surface area contributed by atoms with Crippen LogP contribution in [0.5, 0.6) is 0 Å². The van der Waals surface area contributed by atoms with Crippen LogP contribution in [0.2, 0.25) is 5.02 Å². The molecule has 0 fully saturated rings. The Morgan fingerprint density at radius 2 is 1.93 bits per heavy atom. The van der Waals surface area contributed by atoms with Crippen LogP contribution in [0.4, 0.5) is 10.1 Å². The molecule has 0 atom stereocenters. The van der Waals surface area contributed by atoms with Gasteiger partial charge >= 0.3 is 0 Å². The number of amides is 1. The first-order valence-electron chi connectivity index (χ1n) is 8.43. The molecule has 0 spiro atoms. The zero-order valence-electron chi connectivity index (χ0n) is 14.7. The molecule has 2 N–H and O–H groups in total. The predicted molar refractivity (Wildman–Crippen MR) is 110 cm³/mol. The number of halogens is 2. The number of aromatic amines is 1. The van der Waals surface area contributed by atoms with Crippen LogP contribution in [0, 0.1) is 5.82 Å². The Morgan fingerprint density at radius 3 is 2.72 bits per heavy atom. The number of H-pyrrole nitrogens is 1. The first-order chi connectivity index (χ1) is 14.0. The molecule has 0 aliphatic rings. The van der Waals surface area contributed by atoms with Crippen LogP contribution in [0.3, 0.4) is 0 Å². The number of para-hydroxylation sites is 1. The predicted octanol–water partition coefficient (Wildman–Crippen LogP) is 3.61. The smallest absolute Gasteiger partial charge is 0.266 e. The average Bonchev–Trinajstić information content (AvgIpc) is 3.08. The third kappa shape index (κ3) is 4.15. The number of carbonyl (C=O) groups excluding carboxylic acids is 1. The van der Waals surface area contributed by atoms with E-state index in [-0.39, 0.29) is 34.3 Å². The highest BCUT2D eigenvalue weighted by Gasteiger charge is 2.15. The van der Waals surface area contributed by atoms with Crippen molar-refractivity contribution in [2.75, 3.05) is 11.1 Å². The Morgan fingerprint density at radius 1 is 1.17 bits per heavy atom. The van der Waals surface area contributed by atoms with Crippen molar-refractivity contribution < 1.29 is 9.18 Å². The second kappa shape index (κ2) is 8.06. The number of hydrogen-bond donors (Lipinski definition) is 2. The standard InChI is InChI=1S/C19H13ClFN5O2S/c20-12-6-2-4-8-14(12)22-17(28)10-29-19-24-18(11-5-1-3-7-13(11)21)23-15-9-16(27)25-26(15)19/h1-9H,10H2,(H,22,28)(H,25,27). The average molecular weight is 430 g/mol. The number of benzene rings is 2. The summed E-state index contributed by atoms with van der Waals surface area (Å²) in [5, 5.41) is 6.00. The molecule has 2 aromatic heterocycles. The number of hydrogen-bond acceptors (Lipinski definition) is 5. The van der Waals surface area contributed by atoms with Gasteiger partial charge < -0.3 is 5.32 Å². The molecule has 4 rings (SSSR count). The normalized spacial score (nSPS) is 11.0. The summed E-state index contributed by atoms with van der Waals surface area (Å²) < 4.78 is 15.5. The van der Waals surface area contributed by atoms with Gasteiger partial charge in [-0.15, -0.1) is 0 Å². The van der Waals surface area contributed by atoms with Crippen molar-refractivity contribution in [1.29, 1.82) is 0 Å². The van der Waals surface area contributed by atoms with E-state index in [9.17, 15) is 14.0 Å². The highest BCUT2D eigenvalue weighted by Crippen LogP contribution is 2.24. The van der Waals surface area contributed by atoms with E-state index in [1.807, 2.05) is 0 Å². The van der Waals surface area contributed by atoms with Gasteiger partial charge in [0.15, 0.2) is 16.6 Å². The van der Waals surface area contributed by atoms with E-state index in [0.717, 1.165) is 11.8 Å². The van der Waals surface area contributed by atoms with Crippen molar-refractivity contribution in [2.24, 2.45) is 0 Å². The summed E-state index contributed by atoms with van der Waals surface area (Å²) in [4.78, 5) is 32.6. The number of fused-ring (bicyclic) bond motifs is 1. The minimum absolute atomic E-state index is 0.00570. The molecule has 4 aromatic rings. The number of thioether (sulfide) groups is 1. The fourth-order valence-corrected chi connectivity index (χ4v) is 3.56. The van der Waals surface area contributed by atoms with Crippen molar-refractivity contribution in [3.8, 4) is 11.4 Å². The molecule has 2 heterocycles. The molecule has 0 radical (unpaired) electrons. The zero-order valence-corrected chi connectivity index (χ0v) is 16.3. The van der Waals surface area contributed by atoms with E-state index in [0.29, 0.717) is 15.9 Å². The number of anilines is 1. The number of nitrogens with zero attached hydrogens (tertiary/aromatic N) is 3. The Kier molecular flexibility index (Phi) is 5.32. The molecular formula is C19H13ClFN5O2S. The number of rotatable bonds is 5. The fraction of sp³-hybridized carbons (Fsp3) is 0.0526. The topological polar surface area (TPSA) is 92.2 Å². The summed E-state index contributed by atoms with van der Waals surface area (Å²) in [6, 6.07) is 14.2. The summed E-state index contributed by atoms with van der Waals surface area (Å²) in [5.74, 6) is -0.677. The molecule has 0 saturated carbocycles. The van der Waals surface area contributed by atoms with Gasteiger partial charge in [-0.05, 0) is 24.3 Å². The maximum Gasteiger partial charge on any atom is 0.266 e. The van der Waals surface area contributed by atoms with E-state index in [1.165, 1.54) is 16.6 Å². The first kappa shape index (κ1) is 19.2. The lowest BCUT2D eigenvalue weighted by atomic mass is 10.2. The molecule has 0 unspecified atom stereocenters. The molecule has 0 bridgehead atoms. The highest BCUT2D eigenvalue weighted by atomic mass is 35.5. The molecule has 0 aliphatic carbocycles. The van der Waals surface area contributed by atoms with Crippen molar-refractivity contribution in [2.45, 2.75) is 5.16 Å². The van der Waals surface area contributed by atoms with Crippen molar-refractivity contribution in [1.82, 2.24) is 19.6 Å². The van der Waals surface area contributed by atoms with E-state index in [1.54, 1.807) is 42.5 Å². The van der Waals surface area contributed by atoms with Crippen LogP contribution in [0.1, 0.15) is 0 Å². The minimum atomic E-state index is -0.484. The number of nitrogens with one attached hydrogen (secondary N) is 2. The van der Waals surface area contributed by atoms with Crippen molar-refractivity contribution in [3.63, 3.8) is 0 Å². The Bertz CT molecular complexity index is 1270. The van der Waals surface area contributed by atoms with Gasteiger partial charge in [0.05, 0.1) is 22.0 Å². The van der Waals surface area contributed by atoms with E-state index in [2.05, 4.69) is 20.4 Å². The van der Waals surface area contributed by atoms with Crippen LogP contribution in [-0.4, -0.2) is 31.2 Å². The molecule has 0 aliphatic heterocycles.